The van der Waals surface area contributed by atoms with Gasteiger partial charge in [-0.25, -0.2) is 0 Å². The standard InChI is InChI=1S/C14H18N2OS/c1-4-12-13(17)16-14(18-12)15-11-8-6-5-7-10(11)9(2)3/h5-9,12H,4H2,1-3H3,(H,15,16,17). The fourth-order valence-electron chi connectivity index (χ4n) is 1.93. The maximum Gasteiger partial charge on any atom is 0.261 e. The summed E-state index contributed by atoms with van der Waals surface area (Å²) in [6, 6.07) is 8.16. The summed E-state index contributed by atoms with van der Waals surface area (Å²) in [5.74, 6) is 0.422. The molecule has 1 atom stereocenters. The van der Waals surface area contributed by atoms with Crippen LogP contribution in [0.3, 0.4) is 0 Å². The molecule has 18 heavy (non-hydrogen) atoms. The quantitative estimate of drug-likeness (QED) is 0.904. The molecule has 0 fully saturated rings. The lowest BCUT2D eigenvalue weighted by Crippen LogP contribution is -2.10. The minimum Gasteiger partial charge on any atom is -0.334 e. The van der Waals surface area contributed by atoms with Crippen molar-refractivity contribution >= 4 is 28.5 Å². The van der Waals surface area contributed by atoms with E-state index in [1.54, 1.807) is 0 Å². The number of nitrogens with one attached hydrogen (secondary N) is 1. The summed E-state index contributed by atoms with van der Waals surface area (Å²) in [5.41, 5.74) is 2.29. The van der Waals surface area contributed by atoms with Crippen LogP contribution in [0.4, 0.5) is 5.69 Å². The maximum absolute atomic E-state index is 11.6. The van der Waals surface area contributed by atoms with E-state index < -0.39 is 0 Å². The van der Waals surface area contributed by atoms with Crippen molar-refractivity contribution in [3.8, 4) is 0 Å². The fraction of sp³-hybridized carbons (Fsp3) is 0.429. The van der Waals surface area contributed by atoms with Gasteiger partial charge in [-0.15, -0.1) is 0 Å². The summed E-state index contributed by atoms with van der Waals surface area (Å²) in [6.45, 7) is 6.32. The lowest BCUT2D eigenvalue weighted by Gasteiger charge is -2.14. The second-order valence-corrected chi connectivity index (χ2v) is 5.83. The highest BCUT2D eigenvalue weighted by atomic mass is 32.2. The Kier molecular flexibility index (Phi) is 4.07. The van der Waals surface area contributed by atoms with E-state index in [9.17, 15) is 4.79 Å². The van der Waals surface area contributed by atoms with Crippen LogP contribution in [-0.2, 0) is 4.79 Å². The van der Waals surface area contributed by atoms with E-state index in [-0.39, 0.29) is 11.2 Å². The molecule has 0 spiro atoms. The fourth-order valence-corrected chi connectivity index (χ4v) is 2.83. The van der Waals surface area contributed by atoms with Crippen molar-refractivity contribution in [1.82, 2.24) is 0 Å². The maximum atomic E-state index is 11.6. The molecule has 0 radical (unpaired) electrons. The monoisotopic (exact) mass is 262 g/mol. The molecule has 1 aromatic carbocycles. The van der Waals surface area contributed by atoms with Gasteiger partial charge in [0.1, 0.15) is 0 Å². The number of nitrogens with zero attached hydrogens (tertiary/aromatic N) is 1. The van der Waals surface area contributed by atoms with Gasteiger partial charge in [0, 0.05) is 5.69 Å². The summed E-state index contributed by atoms with van der Waals surface area (Å²) in [4.78, 5) is 15.6. The molecule has 96 valence electrons. The molecule has 1 aliphatic rings. The van der Waals surface area contributed by atoms with Crippen LogP contribution >= 0.6 is 11.8 Å². The molecule has 1 heterocycles. The molecule has 2 rings (SSSR count). The molecule has 0 saturated carbocycles. The molecule has 4 heteroatoms. The first-order valence-corrected chi connectivity index (χ1v) is 7.15. The first-order valence-electron chi connectivity index (χ1n) is 6.27. The lowest BCUT2D eigenvalue weighted by atomic mass is 10.0. The van der Waals surface area contributed by atoms with E-state index >= 15 is 0 Å². The second-order valence-electron chi connectivity index (χ2n) is 4.64. The first kappa shape index (κ1) is 13.1. The zero-order chi connectivity index (χ0) is 13.1. The van der Waals surface area contributed by atoms with Gasteiger partial charge in [0.2, 0.25) is 0 Å². The summed E-state index contributed by atoms with van der Waals surface area (Å²) >= 11 is 1.52. The average Bonchev–Trinajstić information content (AvgIpc) is 2.70. The normalized spacial score (nSPS) is 19.2. The van der Waals surface area contributed by atoms with Crippen LogP contribution in [-0.4, -0.2) is 16.3 Å². The largest absolute Gasteiger partial charge is 0.334 e. The second kappa shape index (κ2) is 5.57. The topological polar surface area (TPSA) is 41.5 Å². The summed E-state index contributed by atoms with van der Waals surface area (Å²) in [5, 5.41) is 3.98. The number of thioether (sulfide) groups is 1. The highest BCUT2D eigenvalue weighted by molar-refractivity contribution is 8.15. The number of rotatable bonds is 3. The number of hydrogen-bond acceptors (Lipinski definition) is 3. The summed E-state index contributed by atoms with van der Waals surface area (Å²) < 4.78 is 0. The molecule has 0 saturated heterocycles. The van der Waals surface area contributed by atoms with Gasteiger partial charge in [-0.2, -0.15) is 4.99 Å². The Morgan fingerprint density at radius 1 is 1.39 bits per heavy atom. The van der Waals surface area contributed by atoms with Crippen molar-refractivity contribution in [2.75, 3.05) is 5.32 Å². The number of carbonyl (C=O) groups is 1. The number of aliphatic imine (C=N–C) groups is 1. The van der Waals surface area contributed by atoms with E-state index in [2.05, 4.69) is 30.2 Å². The van der Waals surface area contributed by atoms with Crippen molar-refractivity contribution in [2.24, 2.45) is 4.99 Å². The van der Waals surface area contributed by atoms with Crippen molar-refractivity contribution < 1.29 is 4.79 Å². The van der Waals surface area contributed by atoms with Gasteiger partial charge in [-0.1, -0.05) is 50.7 Å². The van der Waals surface area contributed by atoms with Crippen LogP contribution in [0.25, 0.3) is 0 Å². The van der Waals surface area contributed by atoms with E-state index in [1.807, 2.05) is 25.1 Å². The average molecular weight is 262 g/mol. The van der Waals surface area contributed by atoms with Gasteiger partial charge in [-0.3, -0.25) is 4.79 Å². The van der Waals surface area contributed by atoms with Gasteiger partial charge in [0.05, 0.1) is 5.25 Å². The Morgan fingerprint density at radius 2 is 2.11 bits per heavy atom. The lowest BCUT2D eigenvalue weighted by molar-refractivity contribution is -0.117. The molecule has 1 unspecified atom stereocenters. The Morgan fingerprint density at radius 3 is 2.72 bits per heavy atom. The molecule has 1 aromatic rings. The number of para-hydroxylation sites is 1. The molecule has 1 amide bonds. The van der Waals surface area contributed by atoms with E-state index in [4.69, 9.17) is 0 Å². The van der Waals surface area contributed by atoms with Crippen LogP contribution in [0.2, 0.25) is 0 Å². The SMILES string of the molecule is CCC1SC(Nc2ccccc2C(C)C)=NC1=O. The number of anilines is 1. The summed E-state index contributed by atoms with van der Waals surface area (Å²) in [7, 11) is 0. The zero-order valence-electron chi connectivity index (χ0n) is 10.9. The Hall–Kier alpha value is -1.29. The summed E-state index contributed by atoms with van der Waals surface area (Å²) in [6.07, 6.45) is 0.823. The Bertz CT molecular complexity index is 482. The van der Waals surface area contributed by atoms with Crippen molar-refractivity contribution in [2.45, 2.75) is 38.4 Å². The van der Waals surface area contributed by atoms with Gasteiger partial charge >= 0.3 is 0 Å². The van der Waals surface area contributed by atoms with E-state index in [1.165, 1.54) is 17.3 Å². The third-order valence-electron chi connectivity index (χ3n) is 2.94. The highest BCUT2D eigenvalue weighted by Gasteiger charge is 2.27. The molecule has 0 bridgehead atoms. The molecule has 1 aliphatic heterocycles. The van der Waals surface area contributed by atoms with Gasteiger partial charge in [0.25, 0.3) is 5.91 Å². The van der Waals surface area contributed by atoms with Crippen molar-refractivity contribution in [3.05, 3.63) is 29.8 Å². The minimum atomic E-state index is -0.0213. The number of benzene rings is 1. The molecule has 3 nitrogen and oxygen atoms in total. The third kappa shape index (κ3) is 2.75. The number of hydrogen-bond donors (Lipinski definition) is 1. The number of carbonyl (C=O) groups excluding carboxylic acids is 1. The van der Waals surface area contributed by atoms with Gasteiger partial charge < -0.3 is 5.32 Å². The van der Waals surface area contributed by atoms with Crippen LogP contribution < -0.4 is 5.32 Å². The predicted molar refractivity (Wildman–Crippen MR) is 78.3 cm³/mol. The van der Waals surface area contributed by atoms with Crippen LogP contribution in [0.1, 0.15) is 38.7 Å². The molecule has 1 N–H and O–H groups in total. The number of amides is 1. The van der Waals surface area contributed by atoms with Crippen LogP contribution in [0.5, 0.6) is 0 Å². The molecular weight excluding hydrogens is 244 g/mol. The highest BCUT2D eigenvalue weighted by Crippen LogP contribution is 2.29. The van der Waals surface area contributed by atoms with Gasteiger partial charge in [0.15, 0.2) is 5.17 Å². The van der Waals surface area contributed by atoms with Crippen molar-refractivity contribution in [3.63, 3.8) is 0 Å². The minimum absolute atomic E-state index is 0.0151. The van der Waals surface area contributed by atoms with Crippen LogP contribution in [0, 0.1) is 0 Å². The van der Waals surface area contributed by atoms with Gasteiger partial charge in [-0.05, 0) is 24.0 Å². The zero-order valence-corrected chi connectivity index (χ0v) is 11.8. The van der Waals surface area contributed by atoms with Crippen molar-refractivity contribution in [1.29, 1.82) is 0 Å². The molecule has 0 aliphatic carbocycles. The Balaban J connectivity index is 2.16. The predicted octanol–water partition coefficient (Wildman–Crippen LogP) is 3.63. The first-order chi connectivity index (χ1) is 8.61. The van der Waals surface area contributed by atoms with E-state index in [0.29, 0.717) is 5.92 Å². The van der Waals surface area contributed by atoms with E-state index in [0.717, 1.165) is 17.3 Å². The molecular formula is C14H18N2OS. The van der Waals surface area contributed by atoms with Crippen LogP contribution in [0.15, 0.2) is 29.3 Å². The third-order valence-corrected chi connectivity index (χ3v) is 4.17. The Labute approximate surface area is 112 Å². The molecule has 0 aromatic heterocycles. The smallest absolute Gasteiger partial charge is 0.261 e. The number of amidine groups is 1.